The van der Waals surface area contributed by atoms with E-state index in [0.717, 1.165) is 22.4 Å². The Hall–Kier alpha value is -4.10. The van der Waals surface area contributed by atoms with E-state index in [0.29, 0.717) is 37.9 Å². The van der Waals surface area contributed by atoms with Crippen LogP contribution in [0.1, 0.15) is 16.7 Å². The molecule has 0 amide bonds. The van der Waals surface area contributed by atoms with Gasteiger partial charge < -0.3 is 23.7 Å². The molecule has 0 saturated carbocycles. The van der Waals surface area contributed by atoms with E-state index < -0.39 is 5.97 Å². The number of hydrogen-bond acceptors (Lipinski definition) is 7. The Balaban J connectivity index is 1.27. The van der Waals surface area contributed by atoms with Gasteiger partial charge in [0, 0.05) is 5.56 Å². The maximum absolute atomic E-state index is 12.2. The first-order valence-electron chi connectivity index (χ1n) is 11.3. The zero-order valence-corrected chi connectivity index (χ0v) is 19.7. The van der Waals surface area contributed by atoms with Crippen molar-refractivity contribution in [3.05, 3.63) is 95.2 Å². The Labute approximate surface area is 204 Å². The molecule has 0 saturated heterocycles. The van der Waals surface area contributed by atoms with Crippen LogP contribution in [-0.4, -0.2) is 45.4 Å². The monoisotopic (exact) mass is 473 g/mol. The zero-order valence-electron chi connectivity index (χ0n) is 19.7. The van der Waals surface area contributed by atoms with E-state index in [1.165, 1.54) is 0 Å². The zero-order chi connectivity index (χ0) is 24.5. The summed E-state index contributed by atoms with van der Waals surface area (Å²) in [6.45, 7) is 3.72. The summed E-state index contributed by atoms with van der Waals surface area (Å²) in [7, 11) is 1.56. The molecule has 0 bridgehead atoms. The largest absolute Gasteiger partial charge is 0.493 e. The summed E-state index contributed by atoms with van der Waals surface area (Å²) in [5, 5.41) is 0. The predicted octanol–water partition coefficient (Wildman–Crippen LogP) is 4.82. The molecule has 4 rings (SSSR count). The molecule has 7 nitrogen and oxygen atoms in total. The Kier molecular flexibility index (Phi) is 8.14. The van der Waals surface area contributed by atoms with Crippen molar-refractivity contribution in [3.8, 4) is 17.2 Å². The second-order valence-electron chi connectivity index (χ2n) is 7.74. The van der Waals surface area contributed by atoms with Gasteiger partial charge in [0.25, 0.3) is 0 Å². The van der Waals surface area contributed by atoms with Crippen molar-refractivity contribution in [2.75, 3.05) is 33.5 Å². The Morgan fingerprint density at radius 1 is 0.857 bits per heavy atom. The Bertz CT molecular complexity index is 1220. The number of cyclic esters (lactones) is 1. The average molecular weight is 474 g/mol. The quantitative estimate of drug-likeness (QED) is 0.226. The molecule has 0 radical (unpaired) electrons. The smallest absolute Gasteiger partial charge is 0.363 e. The van der Waals surface area contributed by atoms with Gasteiger partial charge in [0.05, 0.1) is 20.3 Å². The highest BCUT2D eigenvalue weighted by Gasteiger charge is 2.24. The number of ether oxygens (including phenoxy) is 5. The maximum atomic E-state index is 12.2. The van der Waals surface area contributed by atoms with Crippen molar-refractivity contribution in [2.45, 2.75) is 6.92 Å². The summed E-state index contributed by atoms with van der Waals surface area (Å²) in [6.07, 6.45) is 1.65. The highest BCUT2D eigenvalue weighted by Crippen LogP contribution is 2.29. The normalized spacial score (nSPS) is 13.9. The molecule has 0 atom stereocenters. The summed E-state index contributed by atoms with van der Waals surface area (Å²) in [4.78, 5) is 16.6. The molecule has 0 aliphatic carbocycles. The first-order chi connectivity index (χ1) is 17.1. The molecule has 3 aromatic rings. The molecule has 0 aromatic heterocycles. The highest BCUT2D eigenvalue weighted by molar-refractivity contribution is 6.12. The molecule has 7 heteroatoms. The molecule has 1 aliphatic heterocycles. The third-order valence-electron chi connectivity index (χ3n) is 5.10. The summed E-state index contributed by atoms with van der Waals surface area (Å²) in [6, 6.07) is 22.6. The van der Waals surface area contributed by atoms with Crippen LogP contribution in [0.5, 0.6) is 17.2 Å². The topological polar surface area (TPSA) is 75.6 Å². The van der Waals surface area contributed by atoms with Crippen molar-refractivity contribution in [1.82, 2.24) is 0 Å². The molecule has 3 aromatic carbocycles. The van der Waals surface area contributed by atoms with Crippen LogP contribution in [0.25, 0.3) is 6.08 Å². The molecule has 0 fully saturated rings. The molecule has 1 heterocycles. The third kappa shape index (κ3) is 6.71. The lowest BCUT2D eigenvalue weighted by Gasteiger charge is -2.12. The van der Waals surface area contributed by atoms with Crippen LogP contribution in [0.15, 0.2) is 83.5 Å². The van der Waals surface area contributed by atoms with Gasteiger partial charge in [0.1, 0.15) is 19.0 Å². The Morgan fingerprint density at radius 3 is 2.43 bits per heavy atom. The van der Waals surface area contributed by atoms with Gasteiger partial charge in [-0.3, -0.25) is 0 Å². The molecule has 35 heavy (non-hydrogen) atoms. The SMILES string of the molecule is COc1cc(/C=C2\N=C(c3ccccc3)OC2=O)ccc1OCCOCCOc1cccc(C)c1. The lowest BCUT2D eigenvalue weighted by Crippen LogP contribution is -2.12. The fourth-order valence-corrected chi connectivity index (χ4v) is 3.40. The average Bonchev–Trinajstić information content (AvgIpc) is 3.24. The number of esters is 1. The van der Waals surface area contributed by atoms with Crippen molar-refractivity contribution in [2.24, 2.45) is 4.99 Å². The maximum Gasteiger partial charge on any atom is 0.363 e. The molecule has 180 valence electrons. The lowest BCUT2D eigenvalue weighted by atomic mass is 10.1. The van der Waals surface area contributed by atoms with E-state index in [2.05, 4.69) is 4.99 Å². The van der Waals surface area contributed by atoms with Crippen LogP contribution in [-0.2, 0) is 14.3 Å². The number of carbonyl (C=O) groups is 1. The summed E-state index contributed by atoms with van der Waals surface area (Å²) >= 11 is 0. The first-order valence-corrected chi connectivity index (χ1v) is 11.3. The van der Waals surface area contributed by atoms with E-state index in [1.54, 1.807) is 25.3 Å². The number of rotatable bonds is 11. The standard InChI is InChI=1S/C28H27NO6/c1-20-7-6-10-23(17-20)33-15-13-32-14-16-34-25-12-11-21(19-26(25)31-2)18-24-28(30)35-27(29-24)22-8-4-3-5-9-22/h3-12,17-19H,13-16H2,1-2H3/b24-18-. The van der Waals surface area contributed by atoms with Gasteiger partial charge in [-0.15, -0.1) is 0 Å². The van der Waals surface area contributed by atoms with Crippen LogP contribution < -0.4 is 14.2 Å². The second-order valence-corrected chi connectivity index (χ2v) is 7.74. The van der Waals surface area contributed by atoms with Crippen LogP contribution >= 0.6 is 0 Å². The van der Waals surface area contributed by atoms with Crippen LogP contribution in [0, 0.1) is 6.92 Å². The fraction of sp³-hybridized carbons (Fsp3) is 0.214. The second kappa shape index (κ2) is 11.9. The summed E-state index contributed by atoms with van der Waals surface area (Å²) < 4.78 is 27.8. The van der Waals surface area contributed by atoms with Gasteiger partial charge in [0.15, 0.2) is 17.2 Å². The molecule has 0 unspecified atom stereocenters. The predicted molar refractivity (Wildman–Crippen MR) is 133 cm³/mol. The van der Waals surface area contributed by atoms with Crippen molar-refractivity contribution in [1.29, 1.82) is 0 Å². The molecule has 0 N–H and O–H groups in total. The van der Waals surface area contributed by atoms with Gasteiger partial charge in [-0.05, 0) is 60.5 Å². The first kappa shape index (κ1) is 24.0. The number of methoxy groups -OCH3 is 1. The van der Waals surface area contributed by atoms with Crippen molar-refractivity contribution in [3.63, 3.8) is 0 Å². The molecular weight excluding hydrogens is 446 g/mol. The number of hydrogen-bond donors (Lipinski definition) is 0. The van der Waals surface area contributed by atoms with Crippen molar-refractivity contribution < 1.29 is 28.5 Å². The number of benzene rings is 3. The van der Waals surface area contributed by atoms with Gasteiger partial charge in [-0.25, -0.2) is 9.79 Å². The minimum Gasteiger partial charge on any atom is -0.493 e. The van der Waals surface area contributed by atoms with E-state index in [4.69, 9.17) is 23.7 Å². The fourth-order valence-electron chi connectivity index (χ4n) is 3.40. The lowest BCUT2D eigenvalue weighted by molar-refractivity contribution is -0.129. The number of carbonyl (C=O) groups excluding carboxylic acids is 1. The van der Waals surface area contributed by atoms with E-state index in [9.17, 15) is 4.79 Å². The molecule has 1 aliphatic rings. The number of nitrogens with zero attached hydrogens (tertiary/aromatic N) is 1. The third-order valence-corrected chi connectivity index (χ3v) is 5.10. The van der Waals surface area contributed by atoms with Crippen LogP contribution in [0.4, 0.5) is 0 Å². The minimum absolute atomic E-state index is 0.223. The molecule has 0 spiro atoms. The summed E-state index contributed by atoms with van der Waals surface area (Å²) in [5.41, 5.74) is 2.86. The molecular formula is C28H27NO6. The van der Waals surface area contributed by atoms with Gasteiger partial charge in [-0.2, -0.15) is 0 Å². The summed E-state index contributed by atoms with van der Waals surface area (Å²) in [5.74, 6) is 1.75. The van der Waals surface area contributed by atoms with Gasteiger partial charge in [0.2, 0.25) is 5.90 Å². The van der Waals surface area contributed by atoms with E-state index in [-0.39, 0.29) is 11.6 Å². The highest BCUT2D eigenvalue weighted by atomic mass is 16.6. The van der Waals surface area contributed by atoms with Crippen LogP contribution in [0.3, 0.4) is 0 Å². The Morgan fingerprint density at radius 2 is 1.66 bits per heavy atom. The van der Waals surface area contributed by atoms with Gasteiger partial charge in [-0.1, -0.05) is 36.4 Å². The van der Waals surface area contributed by atoms with Crippen LogP contribution in [0.2, 0.25) is 0 Å². The number of aryl methyl sites for hydroxylation is 1. The van der Waals surface area contributed by atoms with Crippen molar-refractivity contribution >= 4 is 17.9 Å². The number of aliphatic imine (C=N–C) groups is 1. The minimum atomic E-state index is -0.494. The van der Waals surface area contributed by atoms with E-state index >= 15 is 0 Å². The van der Waals surface area contributed by atoms with E-state index in [1.807, 2.05) is 67.6 Å². The van der Waals surface area contributed by atoms with Gasteiger partial charge >= 0.3 is 5.97 Å².